The molecule has 0 unspecified atom stereocenters. The number of nitrogens with two attached hydrogens (primary N) is 1. The number of nitrogens with one attached hydrogen (secondary N) is 1. The van der Waals surface area contributed by atoms with Crippen molar-refractivity contribution in [3.63, 3.8) is 0 Å². The van der Waals surface area contributed by atoms with Gasteiger partial charge in [0.25, 0.3) is 0 Å². The Morgan fingerprint density at radius 3 is 2.61 bits per heavy atom. The zero-order valence-electron chi connectivity index (χ0n) is 17.4. The van der Waals surface area contributed by atoms with Crippen LogP contribution in [0.1, 0.15) is 26.2 Å². The summed E-state index contributed by atoms with van der Waals surface area (Å²) in [5, 5.41) is 2.76. The third kappa shape index (κ3) is 7.27. The first-order valence-corrected chi connectivity index (χ1v) is 9.94. The Bertz CT molecular complexity index is 700. The topological polar surface area (TPSA) is 120 Å². The van der Waals surface area contributed by atoms with E-state index < -0.39 is 36.2 Å². The molecule has 1 fully saturated rings. The number of ether oxygens (including phenoxy) is 3. The molecule has 1 aliphatic carbocycles. The molecule has 0 aromatic rings. The highest BCUT2D eigenvalue weighted by atomic mass is 19.4. The molecule has 1 aliphatic heterocycles. The van der Waals surface area contributed by atoms with E-state index in [2.05, 4.69) is 10.1 Å². The molecule has 2 rings (SSSR count). The molecule has 31 heavy (non-hydrogen) atoms. The largest absolute Gasteiger partial charge is 0.491 e. The number of halogens is 3. The molecule has 4 atom stereocenters. The van der Waals surface area contributed by atoms with Crippen LogP contribution in [0.5, 0.6) is 0 Å². The second-order valence-electron chi connectivity index (χ2n) is 7.57. The van der Waals surface area contributed by atoms with Gasteiger partial charge < -0.3 is 25.3 Å². The summed E-state index contributed by atoms with van der Waals surface area (Å²) in [6.45, 7) is 3.24. The number of carbonyl (C=O) groups excluding carboxylic acids is 3. The number of carbonyl (C=O) groups is 3. The van der Waals surface area contributed by atoms with Crippen molar-refractivity contribution in [2.45, 2.75) is 56.6 Å². The van der Waals surface area contributed by atoms with Crippen molar-refractivity contribution in [2.75, 3.05) is 33.4 Å². The number of amides is 1. The summed E-state index contributed by atoms with van der Waals surface area (Å²) >= 11 is 0. The Morgan fingerprint density at radius 1 is 1.29 bits per heavy atom. The van der Waals surface area contributed by atoms with E-state index in [0.717, 1.165) is 12.8 Å². The maximum Gasteiger partial charge on any atom is 0.491 e. The molecular formula is C19H28F3N3O6. The van der Waals surface area contributed by atoms with Crippen LogP contribution in [0.15, 0.2) is 11.6 Å². The van der Waals surface area contributed by atoms with Crippen LogP contribution >= 0.6 is 0 Å². The van der Waals surface area contributed by atoms with E-state index in [4.69, 9.17) is 15.2 Å². The molecule has 0 radical (unpaired) electrons. The molecule has 0 aromatic carbocycles. The van der Waals surface area contributed by atoms with Gasteiger partial charge in [-0.25, -0.2) is 9.59 Å². The van der Waals surface area contributed by atoms with Gasteiger partial charge in [-0.1, -0.05) is 6.08 Å². The highest BCUT2D eigenvalue weighted by Gasteiger charge is 2.44. The number of piperidine rings is 1. The predicted molar refractivity (Wildman–Crippen MR) is 102 cm³/mol. The molecule has 2 aliphatic rings. The van der Waals surface area contributed by atoms with E-state index in [-0.39, 0.29) is 24.0 Å². The maximum absolute atomic E-state index is 12.4. The first-order valence-electron chi connectivity index (χ1n) is 9.94. The van der Waals surface area contributed by atoms with Crippen LogP contribution in [0.2, 0.25) is 0 Å². The lowest BCUT2D eigenvalue weighted by atomic mass is 9.85. The Hall–Kier alpha value is -2.02. The van der Waals surface area contributed by atoms with Gasteiger partial charge in [-0.3, -0.25) is 9.69 Å². The van der Waals surface area contributed by atoms with Crippen LogP contribution in [-0.4, -0.2) is 86.6 Å². The van der Waals surface area contributed by atoms with Crippen LogP contribution in [0.25, 0.3) is 0 Å². The molecule has 0 bridgehead atoms. The fraction of sp³-hybridized carbons (Fsp3) is 0.737. The summed E-state index contributed by atoms with van der Waals surface area (Å²) in [4.78, 5) is 36.9. The minimum atomic E-state index is -5.29. The molecule has 0 spiro atoms. The molecule has 1 amide bonds. The SMILES string of the molecule is COCCO[C@H]1CCCN([C@@H]2C=C(C(=O)OC(=O)C(F)(F)F)C[C@H](N)[C@H]2NC(C)=O)C1. The Morgan fingerprint density at radius 2 is 2.00 bits per heavy atom. The molecule has 1 heterocycles. The quantitative estimate of drug-likeness (QED) is 0.322. The summed E-state index contributed by atoms with van der Waals surface area (Å²) in [6, 6.07) is -1.92. The van der Waals surface area contributed by atoms with Gasteiger partial charge in [0, 0.05) is 32.2 Å². The molecule has 12 heteroatoms. The van der Waals surface area contributed by atoms with Crippen molar-refractivity contribution in [3.05, 3.63) is 11.6 Å². The number of esters is 2. The number of rotatable bonds is 7. The fourth-order valence-corrected chi connectivity index (χ4v) is 3.80. The third-order valence-electron chi connectivity index (χ3n) is 5.18. The summed E-state index contributed by atoms with van der Waals surface area (Å²) in [5.74, 6) is -4.31. The lowest BCUT2D eigenvalue weighted by Gasteiger charge is -2.44. The van der Waals surface area contributed by atoms with Gasteiger partial charge in [-0.05, 0) is 25.8 Å². The number of hydrogen-bond donors (Lipinski definition) is 2. The fourth-order valence-electron chi connectivity index (χ4n) is 3.80. The third-order valence-corrected chi connectivity index (χ3v) is 5.18. The standard InChI is InChI=1S/C19H28F3N3O6/c1-11(26)24-16-14(23)8-12(17(27)31-18(28)19(20,21)22)9-15(16)25-5-3-4-13(10-25)30-7-6-29-2/h9,13-16H,3-8,10,23H2,1-2H3,(H,24,26)/t13-,14-,15+,16+/m0/s1. The number of likely N-dealkylation sites (tertiary alicyclic amines) is 1. The van der Waals surface area contributed by atoms with Gasteiger partial charge in [0.15, 0.2) is 0 Å². The van der Waals surface area contributed by atoms with Crippen molar-refractivity contribution in [1.82, 2.24) is 10.2 Å². The van der Waals surface area contributed by atoms with Crippen molar-refractivity contribution < 1.29 is 41.8 Å². The molecular weight excluding hydrogens is 423 g/mol. The van der Waals surface area contributed by atoms with Crippen LogP contribution in [0, 0.1) is 0 Å². The second kappa shape index (κ2) is 11.0. The van der Waals surface area contributed by atoms with Gasteiger partial charge in [-0.15, -0.1) is 0 Å². The van der Waals surface area contributed by atoms with E-state index in [1.807, 2.05) is 4.90 Å². The van der Waals surface area contributed by atoms with Gasteiger partial charge >= 0.3 is 18.1 Å². The van der Waals surface area contributed by atoms with Gasteiger partial charge in [0.2, 0.25) is 5.91 Å². The van der Waals surface area contributed by atoms with Gasteiger partial charge in [-0.2, -0.15) is 13.2 Å². The predicted octanol–water partition coefficient (Wildman–Crippen LogP) is 0.277. The lowest BCUT2D eigenvalue weighted by Crippen LogP contribution is -2.62. The molecule has 0 saturated carbocycles. The number of alkyl halides is 3. The van der Waals surface area contributed by atoms with Crippen LogP contribution in [0.4, 0.5) is 13.2 Å². The van der Waals surface area contributed by atoms with E-state index in [1.54, 1.807) is 7.11 Å². The minimum absolute atomic E-state index is 0.115. The van der Waals surface area contributed by atoms with Gasteiger partial charge in [0.05, 0.1) is 31.4 Å². The first-order chi connectivity index (χ1) is 14.5. The summed E-state index contributed by atoms with van der Waals surface area (Å²) < 4.78 is 52.1. The monoisotopic (exact) mass is 451 g/mol. The molecule has 176 valence electrons. The number of methoxy groups -OCH3 is 1. The highest BCUT2D eigenvalue weighted by molar-refractivity contribution is 5.98. The Kier molecular flexibility index (Phi) is 8.98. The number of nitrogens with zero attached hydrogens (tertiary/aromatic N) is 1. The van der Waals surface area contributed by atoms with Crippen LogP contribution < -0.4 is 11.1 Å². The molecule has 0 aromatic heterocycles. The highest BCUT2D eigenvalue weighted by Crippen LogP contribution is 2.27. The summed E-state index contributed by atoms with van der Waals surface area (Å²) in [6.07, 6.45) is -2.54. The zero-order chi connectivity index (χ0) is 23.2. The van der Waals surface area contributed by atoms with Crippen LogP contribution in [-0.2, 0) is 28.6 Å². The van der Waals surface area contributed by atoms with Gasteiger partial charge in [0.1, 0.15) is 0 Å². The minimum Gasteiger partial charge on any atom is -0.383 e. The molecule has 1 saturated heterocycles. The van der Waals surface area contributed by atoms with E-state index >= 15 is 0 Å². The van der Waals surface area contributed by atoms with E-state index in [1.165, 1.54) is 13.0 Å². The normalized spacial score (nSPS) is 27.4. The average Bonchev–Trinajstić information content (AvgIpc) is 2.68. The van der Waals surface area contributed by atoms with Crippen molar-refractivity contribution in [2.24, 2.45) is 5.73 Å². The summed E-state index contributed by atoms with van der Waals surface area (Å²) in [5.41, 5.74) is 6.02. The van der Waals surface area contributed by atoms with Crippen molar-refractivity contribution in [3.8, 4) is 0 Å². The van der Waals surface area contributed by atoms with Crippen molar-refractivity contribution in [1.29, 1.82) is 0 Å². The Balaban J connectivity index is 2.21. The van der Waals surface area contributed by atoms with Crippen molar-refractivity contribution >= 4 is 17.8 Å². The summed E-state index contributed by atoms with van der Waals surface area (Å²) in [7, 11) is 1.56. The average molecular weight is 451 g/mol. The maximum atomic E-state index is 12.4. The smallest absolute Gasteiger partial charge is 0.383 e. The second-order valence-corrected chi connectivity index (χ2v) is 7.57. The molecule has 9 nitrogen and oxygen atoms in total. The van der Waals surface area contributed by atoms with E-state index in [9.17, 15) is 27.6 Å². The number of hydrogen-bond acceptors (Lipinski definition) is 8. The zero-order valence-corrected chi connectivity index (χ0v) is 17.4. The Labute approximate surface area is 178 Å². The first kappa shape index (κ1) is 25.2. The molecule has 3 N–H and O–H groups in total. The van der Waals surface area contributed by atoms with E-state index in [0.29, 0.717) is 26.3 Å². The van der Waals surface area contributed by atoms with Crippen LogP contribution in [0.3, 0.4) is 0 Å². The lowest BCUT2D eigenvalue weighted by molar-refractivity contribution is -0.200.